The van der Waals surface area contributed by atoms with Crippen LogP contribution in [0.25, 0.3) is 0 Å². The maximum Gasteiger partial charge on any atom is 0.119 e. The summed E-state index contributed by atoms with van der Waals surface area (Å²) in [6, 6.07) is 10.1. The van der Waals surface area contributed by atoms with Gasteiger partial charge >= 0.3 is 0 Å². The van der Waals surface area contributed by atoms with E-state index in [1.165, 1.54) is 0 Å². The number of rotatable bonds is 6. The molecule has 0 radical (unpaired) electrons. The van der Waals surface area contributed by atoms with E-state index in [4.69, 9.17) is 4.74 Å². The molecular weight excluding hydrogens is 302 g/mol. The number of hydrogen-bond donors (Lipinski definition) is 2. The van der Waals surface area contributed by atoms with Crippen molar-refractivity contribution < 1.29 is 9.84 Å². The Morgan fingerprint density at radius 1 is 1.38 bits per heavy atom. The van der Waals surface area contributed by atoms with Crippen molar-refractivity contribution in [1.82, 2.24) is 15.1 Å². The second-order valence-corrected chi connectivity index (χ2v) is 6.86. The van der Waals surface area contributed by atoms with Crippen LogP contribution < -0.4 is 4.74 Å². The van der Waals surface area contributed by atoms with Gasteiger partial charge in [-0.15, -0.1) is 0 Å². The monoisotopic (exact) mass is 329 g/mol. The van der Waals surface area contributed by atoms with Crippen molar-refractivity contribution >= 4 is 0 Å². The van der Waals surface area contributed by atoms with E-state index >= 15 is 0 Å². The predicted molar refractivity (Wildman–Crippen MR) is 94.4 cm³/mol. The van der Waals surface area contributed by atoms with Crippen LogP contribution in [0.3, 0.4) is 0 Å². The summed E-state index contributed by atoms with van der Waals surface area (Å²) in [7, 11) is 0. The number of piperidine rings is 1. The van der Waals surface area contributed by atoms with Crippen molar-refractivity contribution in [1.29, 1.82) is 0 Å². The van der Waals surface area contributed by atoms with Crippen molar-refractivity contribution in [2.45, 2.75) is 38.7 Å². The van der Waals surface area contributed by atoms with E-state index in [0.717, 1.165) is 48.6 Å². The van der Waals surface area contributed by atoms with Crippen LogP contribution in [0, 0.1) is 13.8 Å². The minimum absolute atomic E-state index is 0.326. The van der Waals surface area contributed by atoms with E-state index in [1.54, 1.807) is 0 Å². The fourth-order valence-electron chi connectivity index (χ4n) is 3.36. The molecule has 1 fully saturated rings. The third kappa shape index (κ3) is 4.58. The van der Waals surface area contributed by atoms with E-state index in [1.807, 2.05) is 38.1 Å². The third-order valence-electron chi connectivity index (χ3n) is 4.55. The van der Waals surface area contributed by atoms with Gasteiger partial charge in [-0.3, -0.25) is 10.00 Å². The maximum atomic E-state index is 10.3. The second kappa shape index (κ2) is 7.81. The number of aliphatic hydroxyl groups excluding tert-OH is 1. The fraction of sp³-hybridized carbons (Fsp3) is 0.526. The van der Waals surface area contributed by atoms with Crippen LogP contribution >= 0.6 is 0 Å². The minimum atomic E-state index is -0.481. The lowest BCUT2D eigenvalue weighted by molar-refractivity contribution is 0.0580. The Balaban J connectivity index is 1.48. The third-order valence-corrected chi connectivity index (χ3v) is 4.55. The molecule has 0 bridgehead atoms. The SMILES string of the molecule is Cc1cccc(OC[C@@H](O)CN2CCC[C@H](c3cc(C)[nH]n3)C2)c1. The number of benzene rings is 1. The van der Waals surface area contributed by atoms with E-state index in [9.17, 15) is 5.11 Å². The minimum Gasteiger partial charge on any atom is -0.491 e. The number of nitrogens with zero attached hydrogens (tertiary/aromatic N) is 2. The zero-order valence-corrected chi connectivity index (χ0v) is 14.5. The number of aryl methyl sites for hydroxylation is 2. The first-order valence-corrected chi connectivity index (χ1v) is 8.72. The van der Waals surface area contributed by atoms with Gasteiger partial charge in [-0.05, 0) is 57.0 Å². The molecule has 130 valence electrons. The lowest BCUT2D eigenvalue weighted by atomic mass is 9.94. The summed E-state index contributed by atoms with van der Waals surface area (Å²) >= 11 is 0. The number of likely N-dealkylation sites (tertiary alicyclic amines) is 1. The largest absolute Gasteiger partial charge is 0.491 e. The number of nitrogens with one attached hydrogen (secondary N) is 1. The number of aromatic nitrogens is 2. The highest BCUT2D eigenvalue weighted by atomic mass is 16.5. The number of ether oxygens (including phenoxy) is 1. The highest BCUT2D eigenvalue weighted by Gasteiger charge is 2.24. The summed E-state index contributed by atoms with van der Waals surface area (Å²) in [4.78, 5) is 2.32. The highest BCUT2D eigenvalue weighted by Crippen LogP contribution is 2.26. The van der Waals surface area contributed by atoms with Gasteiger partial charge in [0.25, 0.3) is 0 Å². The average Bonchev–Trinajstić information content (AvgIpc) is 3.00. The number of aromatic amines is 1. The molecule has 0 spiro atoms. The van der Waals surface area contributed by atoms with Crippen molar-refractivity contribution in [3.05, 3.63) is 47.3 Å². The van der Waals surface area contributed by atoms with E-state index in [2.05, 4.69) is 21.2 Å². The normalized spacial score (nSPS) is 20.0. The molecule has 2 N–H and O–H groups in total. The first kappa shape index (κ1) is 17.0. The van der Waals surface area contributed by atoms with Gasteiger partial charge in [0, 0.05) is 24.7 Å². The average molecular weight is 329 g/mol. The highest BCUT2D eigenvalue weighted by molar-refractivity contribution is 5.27. The molecule has 2 aromatic rings. The van der Waals surface area contributed by atoms with Crippen LogP contribution in [-0.2, 0) is 0 Å². The van der Waals surface area contributed by atoms with Crippen LogP contribution in [0.4, 0.5) is 0 Å². The van der Waals surface area contributed by atoms with Gasteiger partial charge in [0.15, 0.2) is 0 Å². The molecule has 2 atom stereocenters. The predicted octanol–water partition coefficient (Wildman–Crippen LogP) is 2.65. The first-order valence-electron chi connectivity index (χ1n) is 8.72. The standard InChI is InChI=1S/C19H27N3O2/c1-14-5-3-7-18(9-14)24-13-17(23)12-22-8-4-6-16(11-22)19-10-15(2)20-21-19/h3,5,7,9-10,16-17,23H,4,6,8,11-13H2,1-2H3,(H,20,21)/t16-,17-/m0/s1. The number of β-amino-alcohol motifs (C(OH)–C–C–N with tert-alkyl or cyclic N) is 1. The summed E-state index contributed by atoms with van der Waals surface area (Å²) in [6.07, 6.45) is 1.82. The smallest absolute Gasteiger partial charge is 0.119 e. The second-order valence-electron chi connectivity index (χ2n) is 6.86. The summed E-state index contributed by atoms with van der Waals surface area (Å²) in [5, 5.41) is 17.7. The topological polar surface area (TPSA) is 61.4 Å². The molecule has 0 unspecified atom stereocenters. The summed E-state index contributed by atoms with van der Waals surface area (Å²) in [6.45, 7) is 7.02. The maximum absolute atomic E-state index is 10.3. The Labute approximate surface area is 143 Å². The van der Waals surface area contributed by atoms with Gasteiger partial charge in [-0.2, -0.15) is 5.10 Å². The van der Waals surface area contributed by atoms with Crippen molar-refractivity contribution in [2.75, 3.05) is 26.2 Å². The zero-order valence-electron chi connectivity index (χ0n) is 14.5. The molecule has 0 saturated carbocycles. The number of aliphatic hydroxyl groups is 1. The molecule has 24 heavy (non-hydrogen) atoms. The number of H-pyrrole nitrogens is 1. The molecule has 1 aliphatic rings. The summed E-state index contributed by atoms with van der Waals surface area (Å²) in [5.41, 5.74) is 3.41. The van der Waals surface area contributed by atoms with Gasteiger partial charge in [0.2, 0.25) is 0 Å². The van der Waals surface area contributed by atoms with E-state index in [-0.39, 0.29) is 0 Å². The molecule has 3 rings (SSSR count). The quantitative estimate of drug-likeness (QED) is 0.855. The van der Waals surface area contributed by atoms with Crippen molar-refractivity contribution in [3.8, 4) is 5.75 Å². The van der Waals surface area contributed by atoms with Crippen LogP contribution in [-0.4, -0.2) is 52.5 Å². The lowest BCUT2D eigenvalue weighted by Crippen LogP contribution is -2.41. The fourth-order valence-corrected chi connectivity index (χ4v) is 3.36. The molecule has 1 aromatic heterocycles. The molecule has 2 heterocycles. The van der Waals surface area contributed by atoms with E-state index < -0.39 is 6.10 Å². The van der Waals surface area contributed by atoms with Crippen molar-refractivity contribution in [2.24, 2.45) is 0 Å². The molecule has 5 heteroatoms. The van der Waals surface area contributed by atoms with Crippen molar-refractivity contribution in [3.63, 3.8) is 0 Å². The van der Waals surface area contributed by atoms with Crippen LogP contribution in [0.1, 0.15) is 35.7 Å². The number of hydrogen-bond acceptors (Lipinski definition) is 4. The summed E-state index contributed by atoms with van der Waals surface area (Å²) < 4.78 is 5.71. The van der Waals surface area contributed by atoms with Crippen LogP contribution in [0.15, 0.2) is 30.3 Å². The van der Waals surface area contributed by atoms with Gasteiger partial charge in [0.05, 0.1) is 5.69 Å². The molecule has 1 saturated heterocycles. The Bertz CT molecular complexity index is 656. The first-order chi connectivity index (χ1) is 11.6. The van der Waals surface area contributed by atoms with Crippen LogP contribution in [0.5, 0.6) is 5.75 Å². The molecule has 0 aliphatic carbocycles. The Hall–Kier alpha value is -1.85. The Morgan fingerprint density at radius 3 is 3.00 bits per heavy atom. The Morgan fingerprint density at radius 2 is 2.25 bits per heavy atom. The van der Waals surface area contributed by atoms with E-state index in [0.29, 0.717) is 19.1 Å². The van der Waals surface area contributed by atoms with Crippen LogP contribution in [0.2, 0.25) is 0 Å². The zero-order chi connectivity index (χ0) is 16.9. The molecular formula is C19H27N3O2. The van der Waals surface area contributed by atoms with Gasteiger partial charge < -0.3 is 9.84 Å². The van der Waals surface area contributed by atoms with Gasteiger partial charge in [-0.25, -0.2) is 0 Å². The Kier molecular flexibility index (Phi) is 5.53. The molecule has 1 aromatic carbocycles. The van der Waals surface area contributed by atoms with Gasteiger partial charge in [0.1, 0.15) is 18.5 Å². The van der Waals surface area contributed by atoms with Gasteiger partial charge in [-0.1, -0.05) is 12.1 Å². The lowest BCUT2D eigenvalue weighted by Gasteiger charge is -2.33. The summed E-state index contributed by atoms with van der Waals surface area (Å²) in [5.74, 6) is 1.27. The molecule has 0 amide bonds. The molecule has 1 aliphatic heterocycles. The molecule has 5 nitrogen and oxygen atoms in total.